The molecule has 1 amide bonds. The maximum Gasteiger partial charge on any atom is 0.435 e. The van der Waals surface area contributed by atoms with E-state index in [2.05, 4.69) is 20.2 Å². The van der Waals surface area contributed by atoms with Crippen LogP contribution in [0.5, 0.6) is 0 Å². The summed E-state index contributed by atoms with van der Waals surface area (Å²) < 4.78 is 50.2. The van der Waals surface area contributed by atoms with Crippen LogP contribution >= 0.6 is 23.2 Å². The molecule has 0 N–H and O–H groups in total. The molecule has 0 radical (unpaired) electrons. The molecule has 4 aromatic rings. The maximum absolute atomic E-state index is 14.0. The van der Waals surface area contributed by atoms with E-state index < -0.39 is 29.6 Å². The number of allylic oxidation sites excluding steroid dienone is 2. The van der Waals surface area contributed by atoms with Crippen LogP contribution in [0.4, 0.5) is 23.8 Å². The molecule has 9 nitrogen and oxygen atoms in total. The number of ether oxygens (including phenoxy) is 1. The van der Waals surface area contributed by atoms with Crippen molar-refractivity contribution in [3.8, 4) is 5.82 Å². The largest absolute Gasteiger partial charge is 0.443 e. The summed E-state index contributed by atoms with van der Waals surface area (Å²) in [7, 11) is 0. The van der Waals surface area contributed by atoms with E-state index in [1.165, 1.54) is 23.1 Å². The molecule has 1 aromatic carbocycles. The molecule has 0 bridgehead atoms. The van der Waals surface area contributed by atoms with Gasteiger partial charge >= 0.3 is 12.3 Å². The van der Waals surface area contributed by atoms with E-state index in [1.54, 1.807) is 45.9 Å². The fourth-order valence-corrected chi connectivity index (χ4v) is 4.85. The standard InChI is InChI=1S/C27H24Cl2F3N7O2/c1-14-7-6-8-20(35-14)38-24(33-13-34-38)22-15(2)37(25(40)41-26(3,4)5)21-12-19(27(30,31)32)36-39(21)23(22)16-9-10-17(28)18(29)11-16/h6-13,23H,1-5H3/t23-/m1/s1. The second-order valence-electron chi connectivity index (χ2n) is 10.4. The van der Waals surface area contributed by atoms with Gasteiger partial charge in [-0.05, 0) is 64.4 Å². The monoisotopic (exact) mass is 605 g/mol. The van der Waals surface area contributed by atoms with Crippen LogP contribution in [0.25, 0.3) is 11.4 Å². The minimum atomic E-state index is -4.80. The number of benzene rings is 1. The third-order valence-corrected chi connectivity index (χ3v) is 6.93. The lowest BCUT2D eigenvalue weighted by Gasteiger charge is -2.36. The number of aryl methyl sites for hydroxylation is 1. The van der Waals surface area contributed by atoms with Gasteiger partial charge in [0.05, 0.1) is 10.0 Å². The number of carbonyl (C=O) groups is 1. The van der Waals surface area contributed by atoms with Crippen molar-refractivity contribution in [1.29, 1.82) is 0 Å². The van der Waals surface area contributed by atoms with Gasteiger partial charge in [-0.2, -0.15) is 28.1 Å². The summed E-state index contributed by atoms with van der Waals surface area (Å²) in [5, 5.41) is 8.71. The average Bonchev–Trinajstić information content (AvgIpc) is 3.51. The van der Waals surface area contributed by atoms with Crippen LogP contribution in [-0.2, 0) is 10.9 Å². The number of carbonyl (C=O) groups excluding carboxylic acids is 1. The first-order chi connectivity index (χ1) is 19.2. The number of nitrogens with zero attached hydrogens (tertiary/aromatic N) is 7. The first-order valence-electron chi connectivity index (χ1n) is 12.4. The highest BCUT2D eigenvalue weighted by Crippen LogP contribution is 2.46. The predicted molar refractivity (Wildman–Crippen MR) is 147 cm³/mol. The summed E-state index contributed by atoms with van der Waals surface area (Å²) in [5.41, 5.74) is -0.414. The number of fused-ring (bicyclic) bond motifs is 1. The Labute approximate surface area is 243 Å². The van der Waals surface area contributed by atoms with Crippen LogP contribution in [0.15, 0.2) is 54.5 Å². The van der Waals surface area contributed by atoms with Crippen LogP contribution in [0.1, 0.15) is 56.5 Å². The molecule has 0 saturated carbocycles. The van der Waals surface area contributed by atoms with Crippen molar-refractivity contribution in [2.45, 2.75) is 52.4 Å². The zero-order valence-corrected chi connectivity index (χ0v) is 24.0. The van der Waals surface area contributed by atoms with Crippen molar-refractivity contribution in [1.82, 2.24) is 29.5 Å². The fraction of sp³-hybridized carbons (Fsp3) is 0.296. The summed E-state index contributed by atoms with van der Waals surface area (Å²) in [6.07, 6.45) is -4.40. The Balaban J connectivity index is 1.83. The minimum absolute atomic E-state index is 0.149. The van der Waals surface area contributed by atoms with Crippen LogP contribution in [0.3, 0.4) is 0 Å². The fourth-order valence-electron chi connectivity index (χ4n) is 4.54. The van der Waals surface area contributed by atoms with Gasteiger partial charge in [-0.3, -0.25) is 0 Å². The van der Waals surface area contributed by atoms with E-state index in [9.17, 15) is 18.0 Å². The second kappa shape index (κ2) is 10.2. The van der Waals surface area contributed by atoms with Crippen molar-refractivity contribution in [2.75, 3.05) is 4.90 Å². The summed E-state index contributed by atoms with van der Waals surface area (Å²) in [6.45, 7) is 8.38. The lowest BCUT2D eigenvalue weighted by Crippen LogP contribution is -2.41. The molecular weight excluding hydrogens is 582 g/mol. The SMILES string of the molecule is CC1=C(c2ncnn2-c2cccc(C)n2)[C@@H](c2ccc(Cl)c(Cl)c2)n2nc(C(F)(F)F)cc2N1C(=O)OC(C)(C)C. The Morgan fingerprint density at radius 3 is 2.39 bits per heavy atom. The first kappa shape index (κ1) is 28.6. The number of anilines is 1. The topological polar surface area (TPSA) is 91.0 Å². The number of hydrogen-bond acceptors (Lipinski definition) is 6. The zero-order valence-electron chi connectivity index (χ0n) is 22.5. The molecule has 14 heteroatoms. The van der Waals surface area contributed by atoms with Crippen LogP contribution in [-0.4, -0.2) is 41.2 Å². The summed E-state index contributed by atoms with van der Waals surface area (Å²) in [5.74, 6) is 0.486. The molecule has 0 aliphatic carbocycles. The molecule has 0 saturated heterocycles. The highest BCUT2D eigenvalue weighted by Gasteiger charge is 2.44. The van der Waals surface area contributed by atoms with Gasteiger partial charge in [-0.15, -0.1) is 0 Å². The average molecular weight is 606 g/mol. The van der Waals surface area contributed by atoms with E-state index in [4.69, 9.17) is 27.9 Å². The molecule has 0 spiro atoms. The van der Waals surface area contributed by atoms with Crippen LogP contribution in [0, 0.1) is 6.92 Å². The number of aromatic nitrogens is 6. The number of hydrogen-bond donors (Lipinski definition) is 0. The van der Waals surface area contributed by atoms with Gasteiger partial charge in [0.15, 0.2) is 17.3 Å². The first-order valence-corrected chi connectivity index (χ1v) is 13.1. The summed E-state index contributed by atoms with van der Waals surface area (Å²) in [6, 6.07) is 9.79. The predicted octanol–water partition coefficient (Wildman–Crippen LogP) is 7.27. The van der Waals surface area contributed by atoms with Gasteiger partial charge in [-0.1, -0.05) is 35.3 Å². The Hall–Kier alpha value is -3.90. The lowest BCUT2D eigenvalue weighted by atomic mass is 9.94. The number of amides is 1. The molecule has 0 fully saturated rings. The van der Waals surface area contributed by atoms with E-state index >= 15 is 0 Å². The molecule has 0 unspecified atom stereocenters. The van der Waals surface area contributed by atoms with Crippen LogP contribution in [0.2, 0.25) is 10.0 Å². The van der Waals surface area contributed by atoms with E-state index in [0.29, 0.717) is 22.6 Å². The Kier molecular flexibility index (Phi) is 7.11. The van der Waals surface area contributed by atoms with Crippen molar-refractivity contribution < 1.29 is 22.7 Å². The highest BCUT2D eigenvalue weighted by atomic mass is 35.5. The molecule has 1 aliphatic heterocycles. The van der Waals surface area contributed by atoms with Gasteiger partial charge in [0.2, 0.25) is 0 Å². The molecule has 41 heavy (non-hydrogen) atoms. The second-order valence-corrected chi connectivity index (χ2v) is 11.2. The number of rotatable bonds is 3. The zero-order chi connectivity index (χ0) is 29.9. The van der Waals surface area contributed by atoms with Gasteiger partial charge in [-0.25, -0.2) is 24.3 Å². The number of alkyl halides is 3. The van der Waals surface area contributed by atoms with E-state index in [-0.39, 0.29) is 27.4 Å². The quantitative estimate of drug-likeness (QED) is 0.244. The normalized spacial score (nSPS) is 15.8. The molecule has 214 valence electrons. The van der Waals surface area contributed by atoms with Crippen molar-refractivity contribution in [2.24, 2.45) is 0 Å². The van der Waals surface area contributed by atoms with Crippen molar-refractivity contribution in [3.63, 3.8) is 0 Å². The third-order valence-electron chi connectivity index (χ3n) is 6.19. The van der Waals surface area contributed by atoms with Crippen LogP contribution < -0.4 is 4.90 Å². The van der Waals surface area contributed by atoms with Crippen molar-refractivity contribution >= 4 is 40.7 Å². The summed E-state index contributed by atoms with van der Waals surface area (Å²) >= 11 is 12.5. The van der Waals surface area contributed by atoms with Gasteiger partial charge in [0.25, 0.3) is 0 Å². The molecular formula is C27H24Cl2F3N7O2. The Morgan fingerprint density at radius 2 is 1.76 bits per heavy atom. The minimum Gasteiger partial charge on any atom is -0.443 e. The molecule has 1 atom stereocenters. The third kappa shape index (κ3) is 5.41. The van der Waals surface area contributed by atoms with E-state index in [0.717, 1.165) is 15.6 Å². The van der Waals surface area contributed by atoms with Gasteiger partial charge in [0, 0.05) is 23.0 Å². The van der Waals surface area contributed by atoms with E-state index in [1.807, 2.05) is 13.0 Å². The summed E-state index contributed by atoms with van der Waals surface area (Å²) in [4.78, 5) is 23.6. The molecule has 5 rings (SSSR count). The molecule has 1 aliphatic rings. The molecule has 4 heterocycles. The molecule has 3 aromatic heterocycles. The van der Waals surface area contributed by atoms with Crippen molar-refractivity contribution in [3.05, 3.63) is 87.3 Å². The maximum atomic E-state index is 14.0. The highest BCUT2D eigenvalue weighted by molar-refractivity contribution is 6.42. The Morgan fingerprint density at radius 1 is 1.02 bits per heavy atom. The Bertz CT molecular complexity index is 1690. The number of pyridine rings is 1. The number of halogens is 5. The van der Waals surface area contributed by atoms with Gasteiger partial charge in [0.1, 0.15) is 23.8 Å². The smallest absolute Gasteiger partial charge is 0.435 e. The van der Waals surface area contributed by atoms with Gasteiger partial charge < -0.3 is 4.74 Å². The lowest BCUT2D eigenvalue weighted by molar-refractivity contribution is -0.141.